The second kappa shape index (κ2) is 7.07. The van der Waals surface area contributed by atoms with Crippen molar-refractivity contribution >= 4 is 15.7 Å². The Morgan fingerprint density at radius 2 is 1.90 bits per heavy atom. The Morgan fingerprint density at radius 3 is 2.52 bits per heavy atom. The lowest BCUT2D eigenvalue weighted by Gasteiger charge is -2.33. The molecule has 0 aliphatic carbocycles. The van der Waals surface area contributed by atoms with Crippen LogP contribution < -0.4 is 5.32 Å². The van der Waals surface area contributed by atoms with Crippen LogP contribution in [-0.4, -0.2) is 80.4 Å². The zero-order chi connectivity index (χ0) is 15.5. The van der Waals surface area contributed by atoms with Crippen molar-refractivity contribution in [2.45, 2.75) is 38.0 Å². The number of piperazine rings is 1. The van der Waals surface area contributed by atoms with Crippen molar-refractivity contribution in [3.8, 4) is 0 Å². The highest BCUT2D eigenvalue weighted by Crippen LogP contribution is 2.20. The van der Waals surface area contributed by atoms with E-state index in [1.165, 1.54) is 0 Å². The van der Waals surface area contributed by atoms with E-state index in [0.29, 0.717) is 6.54 Å². The third kappa shape index (κ3) is 4.17. The van der Waals surface area contributed by atoms with E-state index in [-0.39, 0.29) is 23.0 Å². The average Bonchev–Trinajstić information content (AvgIpc) is 2.93. The molecule has 2 aliphatic rings. The van der Waals surface area contributed by atoms with Gasteiger partial charge in [-0.25, -0.2) is 8.42 Å². The smallest absolute Gasteiger partial charge is 0.240 e. The predicted molar refractivity (Wildman–Crippen MR) is 83.0 cm³/mol. The fourth-order valence-corrected chi connectivity index (χ4v) is 3.91. The molecule has 2 saturated heterocycles. The minimum Gasteiger partial charge on any atom is -0.339 e. The van der Waals surface area contributed by atoms with Crippen molar-refractivity contribution in [1.82, 2.24) is 15.1 Å². The third-order valence-corrected chi connectivity index (χ3v) is 6.65. The lowest BCUT2D eigenvalue weighted by Crippen LogP contribution is -2.53. The van der Waals surface area contributed by atoms with Crippen LogP contribution in [0.2, 0.25) is 0 Å². The van der Waals surface area contributed by atoms with Gasteiger partial charge < -0.3 is 10.2 Å². The zero-order valence-corrected chi connectivity index (χ0v) is 13.9. The highest BCUT2D eigenvalue weighted by atomic mass is 32.2. The summed E-state index contributed by atoms with van der Waals surface area (Å²) in [6.45, 7) is 7.94. The first kappa shape index (κ1) is 16.7. The molecule has 2 aliphatic heterocycles. The molecule has 0 aromatic carbocycles. The molecule has 1 unspecified atom stereocenters. The molecule has 2 fully saturated rings. The van der Waals surface area contributed by atoms with Gasteiger partial charge in [-0.2, -0.15) is 0 Å². The molecule has 122 valence electrons. The predicted octanol–water partition coefficient (Wildman–Crippen LogP) is -0.294. The molecule has 0 spiro atoms. The summed E-state index contributed by atoms with van der Waals surface area (Å²) in [6, 6.07) is -0.120. The fourth-order valence-electron chi connectivity index (χ4n) is 2.95. The Bertz CT molecular complexity index is 458. The number of nitrogens with zero attached hydrogens (tertiary/aromatic N) is 2. The van der Waals surface area contributed by atoms with E-state index in [0.717, 1.165) is 45.6 Å². The van der Waals surface area contributed by atoms with Gasteiger partial charge in [0.25, 0.3) is 0 Å². The maximum Gasteiger partial charge on any atom is 0.240 e. The van der Waals surface area contributed by atoms with Crippen LogP contribution in [0.25, 0.3) is 0 Å². The Hall–Kier alpha value is -0.660. The Kier molecular flexibility index (Phi) is 5.62. The quantitative estimate of drug-likeness (QED) is 0.754. The van der Waals surface area contributed by atoms with Crippen molar-refractivity contribution in [2.75, 3.05) is 45.0 Å². The lowest BCUT2D eigenvalue weighted by atomic mass is 10.2. The van der Waals surface area contributed by atoms with Gasteiger partial charge in [0, 0.05) is 32.7 Å². The van der Waals surface area contributed by atoms with Gasteiger partial charge in [0.05, 0.1) is 17.0 Å². The second-order valence-electron chi connectivity index (χ2n) is 6.19. The van der Waals surface area contributed by atoms with E-state index < -0.39 is 9.84 Å². The maximum absolute atomic E-state index is 12.6. The minimum atomic E-state index is -3.04. The molecule has 0 aromatic rings. The molecule has 2 rings (SSSR count). The molecule has 0 saturated carbocycles. The van der Waals surface area contributed by atoms with Crippen LogP contribution in [-0.2, 0) is 14.6 Å². The van der Waals surface area contributed by atoms with Crippen LogP contribution in [0.1, 0.15) is 26.7 Å². The second-order valence-corrected chi connectivity index (χ2v) is 8.86. The van der Waals surface area contributed by atoms with E-state index >= 15 is 0 Å². The summed E-state index contributed by atoms with van der Waals surface area (Å²) in [7, 11) is -3.04. The number of sulfone groups is 1. The monoisotopic (exact) mass is 317 g/mol. The number of hydrogen-bond donors (Lipinski definition) is 1. The number of nitrogens with one attached hydrogen (secondary N) is 1. The normalized spacial score (nSPS) is 24.7. The van der Waals surface area contributed by atoms with E-state index in [9.17, 15) is 13.2 Å². The molecule has 6 nitrogen and oxygen atoms in total. The lowest BCUT2D eigenvalue weighted by molar-refractivity contribution is -0.136. The van der Waals surface area contributed by atoms with Gasteiger partial charge in [0.15, 0.2) is 9.84 Å². The summed E-state index contributed by atoms with van der Waals surface area (Å²) >= 11 is 0. The van der Waals surface area contributed by atoms with Gasteiger partial charge in [-0.1, -0.05) is 0 Å². The van der Waals surface area contributed by atoms with E-state index in [1.807, 2.05) is 4.90 Å². The fraction of sp³-hybridized carbons (Fsp3) is 0.929. The van der Waals surface area contributed by atoms with Gasteiger partial charge in [0.2, 0.25) is 5.91 Å². The van der Waals surface area contributed by atoms with E-state index in [4.69, 9.17) is 0 Å². The van der Waals surface area contributed by atoms with Gasteiger partial charge in [-0.05, 0) is 33.2 Å². The molecule has 1 atom stereocenters. The SMILES string of the molecule is CC(C)S(=O)(=O)CCN1CCCC1C(=O)N1CCNCC1. The molecule has 7 heteroatoms. The number of likely N-dealkylation sites (tertiary alicyclic amines) is 1. The summed E-state index contributed by atoms with van der Waals surface area (Å²) in [6.07, 6.45) is 1.83. The summed E-state index contributed by atoms with van der Waals surface area (Å²) in [5.74, 6) is 0.326. The Morgan fingerprint density at radius 1 is 1.24 bits per heavy atom. The molecule has 1 N–H and O–H groups in total. The van der Waals surface area contributed by atoms with Crippen LogP contribution in [0.15, 0.2) is 0 Å². The third-order valence-electron chi connectivity index (χ3n) is 4.46. The van der Waals surface area contributed by atoms with Gasteiger partial charge >= 0.3 is 0 Å². The van der Waals surface area contributed by atoms with Crippen LogP contribution in [0, 0.1) is 0 Å². The Labute approximate surface area is 127 Å². The first-order chi connectivity index (χ1) is 9.92. The summed E-state index contributed by atoms with van der Waals surface area (Å²) in [5.41, 5.74) is 0. The highest BCUT2D eigenvalue weighted by Gasteiger charge is 2.34. The molecular weight excluding hydrogens is 290 g/mol. The summed E-state index contributed by atoms with van der Waals surface area (Å²) < 4.78 is 23.9. The number of hydrogen-bond acceptors (Lipinski definition) is 5. The van der Waals surface area contributed by atoms with Gasteiger partial charge in [-0.3, -0.25) is 9.69 Å². The standard InChI is InChI=1S/C14H27N3O3S/c1-12(2)21(19,20)11-10-16-7-3-4-13(16)14(18)17-8-5-15-6-9-17/h12-13,15H,3-11H2,1-2H3. The van der Waals surface area contributed by atoms with E-state index in [2.05, 4.69) is 10.2 Å². The zero-order valence-electron chi connectivity index (χ0n) is 13.0. The number of rotatable bonds is 5. The van der Waals surface area contributed by atoms with Crippen molar-refractivity contribution < 1.29 is 13.2 Å². The van der Waals surface area contributed by atoms with Crippen LogP contribution >= 0.6 is 0 Å². The van der Waals surface area contributed by atoms with Crippen molar-refractivity contribution in [3.05, 3.63) is 0 Å². The molecule has 1 amide bonds. The molecular formula is C14H27N3O3S. The first-order valence-corrected chi connectivity index (χ1v) is 9.58. The Balaban J connectivity index is 1.92. The molecule has 0 bridgehead atoms. The average molecular weight is 317 g/mol. The van der Waals surface area contributed by atoms with Crippen LogP contribution in [0.4, 0.5) is 0 Å². The van der Waals surface area contributed by atoms with Crippen molar-refractivity contribution in [2.24, 2.45) is 0 Å². The maximum atomic E-state index is 12.6. The van der Waals surface area contributed by atoms with Gasteiger partial charge in [-0.15, -0.1) is 0 Å². The van der Waals surface area contributed by atoms with E-state index in [1.54, 1.807) is 13.8 Å². The summed E-state index contributed by atoms with van der Waals surface area (Å²) in [5, 5.41) is 2.90. The topological polar surface area (TPSA) is 69.7 Å². The van der Waals surface area contributed by atoms with Crippen LogP contribution in [0.5, 0.6) is 0 Å². The largest absolute Gasteiger partial charge is 0.339 e. The number of amides is 1. The first-order valence-electron chi connectivity index (χ1n) is 7.87. The number of carbonyl (C=O) groups excluding carboxylic acids is 1. The molecule has 0 aromatic heterocycles. The molecule has 21 heavy (non-hydrogen) atoms. The molecule has 2 heterocycles. The van der Waals surface area contributed by atoms with Gasteiger partial charge in [0.1, 0.15) is 0 Å². The van der Waals surface area contributed by atoms with Crippen LogP contribution in [0.3, 0.4) is 0 Å². The van der Waals surface area contributed by atoms with Crippen molar-refractivity contribution in [1.29, 1.82) is 0 Å². The minimum absolute atomic E-state index is 0.120. The number of carbonyl (C=O) groups is 1. The molecule has 0 radical (unpaired) electrons. The summed E-state index contributed by atoms with van der Waals surface area (Å²) in [4.78, 5) is 16.5. The van der Waals surface area contributed by atoms with Crippen molar-refractivity contribution in [3.63, 3.8) is 0 Å². The highest BCUT2D eigenvalue weighted by molar-refractivity contribution is 7.92.